The van der Waals surface area contributed by atoms with Crippen LogP contribution in [0.25, 0.3) is 22.2 Å². The molecule has 0 bridgehead atoms. The first-order valence-electron chi connectivity index (χ1n) is 6.14. The summed E-state index contributed by atoms with van der Waals surface area (Å²) in [6, 6.07) is 2.10. The molecule has 2 N–H and O–H groups in total. The molecule has 1 aliphatic heterocycles. The van der Waals surface area contributed by atoms with Gasteiger partial charge in [0.1, 0.15) is 5.65 Å². The Bertz CT molecular complexity index is 679. The Hall–Kier alpha value is -2.30. The molecule has 0 spiro atoms. The van der Waals surface area contributed by atoms with Gasteiger partial charge in [0, 0.05) is 48.5 Å². The third kappa shape index (κ3) is 1.27. The number of nitrogens with one attached hydrogen (secondary N) is 2. The summed E-state index contributed by atoms with van der Waals surface area (Å²) in [5.41, 5.74) is 4.46. The molecular weight excluding hydrogens is 226 g/mol. The Balaban J connectivity index is 1.98. The van der Waals surface area contributed by atoms with E-state index in [9.17, 15) is 0 Å². The average molecular weight is 239 g/mol. The van der Waals surface area contributed by atoms with E-state index in [1.165, 1.54) is 17.5 Å². The van der Waals surface area contributed by atoms with E-state index < -0.39 is 0 Å². The summed E-state index contributed by atoms with van der Waals surface area (Å²) in [7, 11) is 0. The van der Waals surface area contributed by atoms with E-state index in [2.05, 4.69) is 31.1 Å². The predicted molar refractivity (Wildman–Crippen MR) is 70.5 cm³/mol. The molecule has 0 aromatic carbocycles. The van der Waals surface area contributed by atoms with Crippen LogP contribution in [0.15, 0.2) is 30.9 Å². The van der Waals surface area contributed by atoms with Gasteiger partial charge in [-0.25, -0.2) is 4.98 Å². The third-order valence-electron chi connectivity index (χ3n) is 3.56. The first kappa shape index (κ1) is 9.70. The highest BCUT2D eigenvalue weighted by molar-refractivity contribution is 6.02. The van der Waals surface area contributed by atoms with Crippen LogP contribution in [0.1, 0.15) is 6.42 Å². The lowest BCUT2D eigenvalue weighted by molar-refractivity contribution is 0.619. The van der Waals surface area contributed by atoms with Crippen molar-refractivity contribution in [3.63, 3.8) is 0 Å². The minimum atomic E-state index is 0.940. The molecule has 1 aliphatic rings. The zero-order chi connectivity index (χ0) is 11.9. The van der Waals surface area contributed by atoms with Gasteiger partial charge in [-0.2, -0.15) is 5.10 Å². The summed E-state index contributed by atoms with van der Waals surface area (Å²) in [5.74, 6) is 0. The van der Waals surface area contributed by atoms with Gasteiger partial charge in [-0.05, 0) is 12.5 Å². The van der Waals surface area contributed by atoms with Gasteiger partial charge in [0.25, 0.3) is 0 Å². The van der Waals surface area contributed by atoms with Crippen LogP contribution >= 0.6 is 0 Å². The number of anilines is 1. The first-order valence-corrected chi connectivity index (χ1v) is 6.14. The summed E-state index contributed by atoms with van der Waals surface area (Å²) in [5, 5.41) is 8.08. The van der Waals surface area contributed by atoms with Crippen LogP contribution in [0.5, 0.6) is 0 Å². The van der Waals surface area contributed by atoms with Crippen LogP contribution in [-0.4, -0.2) is 33.3 Å². The van der Waals surface area contributed by atoms with Gasteiger partial charge in [0.15, 0.2) is 0 Å². The Kier molecular flexibility index (Phi) is 1.94. The fourth-order valence-electron chi connectivity index (χ4n) is 2.49. The normalized spacial score (nSPS) is 15.0. The molecule has 5 nitrogen and oxygen atoms in total. The fourth-order valence-corrected chi connectivity index (χ4v) is 2.49. The molecule has 3 aromatic rings. The summed E-state index contributed by atoms with van der Waals surface area (Å²) in [6.45, 7) is 2.27. The number of pyridine rings is 1. The van der Waals surface area contributed by atoms with E-state index in [1.807, 2.05) is 24.8 Å². The smallest absolute Gasteiger partial charge is 0.139 e. The number of H-pyrrole nitrogens is 2. The number of aromatic nitrogens is 4. The first-order chi connectivity index (χ1) is 8.93. The number of nitrogens with zero attached hydrogens (tertiary/aromatic N) is 3. The van der Waals surface area contributed by atoms with E-state index >= 15 is 0 Å². The van der Waals surface area contributed by atoms with Gasteiger partial charge < -0.3 is 9.88 Å². The number of hydrogen-bond donors (Lipinski definition) is 2. The summed E-state index contributed by atoms with van der Waals surface area (Å²) < 4.78 is 0. The molecule has 0 atom stereocenters. The highest BCUT2D eigenvalue weighted by atomic mass is 15.2. The molecule has 90 valence electrons. The van der Waals surface area contributed by atoms with E-state index in [1.54, 1.807) is 0 Å². The number of rotatable bonds is 2. The van der Waals surface area contributed by atoms with Crippen molar-refractivity contribution in [1.29, 1.82) is 0 Å². The lowest BCUT2D eigenvalue weighted by Gasteiger charge is -2.33. The van der Waals surface area contributed by atoms with Crippen molar-refractivity contribution < 1.29 is 0 Å². The van der Waals surface area contributed by atoms with E-state index in [0.717, 1.165) is 29.9 Å². The Labute approximate surface area is 104 Å². The number of aromatic amines is 2. The Morgan fingerprint density at radius 3 is 2.89 bits per heavy atom. The summed E-state index contributed by atoms with van der Waals surface area (Å²) in [4.78, 5) is 10.0. The van der Waals surface area contributed by atoms with Gasteiger partial charge in [-0.3, -0.25) is 5.10 Å². The standard InChI is InChI=1S/C13H13N5/c1-4-18(5-1)11-2-3-14-13-12(11)10(8-15-13)9-6-16-17-7-9/h2-3,6-8H,1,4-5H2,(H,14,15)(H,16,17). The maximum atomic E-state index is 4.40. The largest absolute Gasteiger partial charge is 0.371 e. The van der Waals surface area contributed by atoms with Crippen LogP contribution in [0.3, 0.4) is 0 Å². The van der Waals surface area contributed by atoms with Crippen LogP contribution in [0.4, 0.5) is 5.69 Å². The Morgan fingerprint density at radius 1 is 1.22 bits per heavy atom. The molecule has 4 rings (SSSR count). The van der Waals surface area contributed by atoms with Crippen molar-refractivity contribution in [2.75, 3.05) is 18.0 Å². The molecule has 0 saturated carbocycles. The van der Waals surface area contributed by atoms with Crippen molar-refractivity contribution in [2.45, 2.75) is 6.42 Å². The summed E-state index contributed by atoms with van der Waals surface area (Å²) >= 11 is 0. The van der Waals surface area contributed by atoms with E-state index in [0.29, 0.717) is 0 Å². The van der Waals surface area contributed by atoms with Crippen LogP contribution in [-0.2, 0) is 0 Å². The molecule has 0 aliphatic carbocycles. The second-order valence-electron chi connectivity index (χ2n) is 4.58. The van der Waals surface area contributed by atoms with E-state index in [4.69, 9.17) is 0 Å². The van der Waals surface area contributed by atoms with Crippen molar-refractivity contribution >= 4 is 16.7 Å². The van der Waals surface area contributed by atoms with Gasteiger partial charge in [-0.15, -0.1) is 0 Å². The molecule has 1 fully saturated rings. The molecular formula is C13H13N5. The second-order valence-corrected chi connectivity index (χ2v) is 4.58. The lowest BCUT2D eigenvalue weighted by Crippen LogP contribution is -2.37. The van der Waals surface area contributed by atoms with Gasteiger partial charge in [0.2, 0.25) is 0 Å². The summed E-state index contributed by atoms with van der Waals surface area (Å²) in [6.07, 6.45) is 8.90. The molecule has 4 heterocycles. The quantitative estimate of drug-likeness (QED) is 0.720. The third-order valence-corrected chi connectivity index (χ3v) is 3.56. The highest BCUT2D eigenvalue weighted by Gasteiger charge is 2.20. The van der Waals surface area contributed by atoms with Gasteiger partial charge in [0.05, 0.1) is 11.6 Å². The number of hydrogen-bond acceptors (Lipinski definition) is 3. The minimum Gasteiger partial charge on any atom is -0.371 e. The van der Waals surface area contributed by atoms with Crippen molar-refractivity contribution in [3.05, 3.63) is 30.9 Å². The molecule has 0 radical (unpaired) electrons. The molecule has 1 saturated heterocycles. The van der Waals surface area contributed by atoms with Crippen molar-refractivity contribution in [3.8, 4) is 11.1 Å². The molecule has 0 unspecified atom stereocenters. The lowest BCUT2D eigenvalue weighted by atomic mass is 10.1. The molecule has 18 heavy (non-hydrogen) atoms. The zero-order valence-corrected chi connectivity index (χ0v) is 9.85. The molecule has 3 aromatic heterocycles. The fraction of sp³-hybridized carbons (Fsp3) is 0.231. The Morgan fingerprint density at radius 2 is 2.17 bits per heavy atom. The SMILES string of the molecule is c1cc(N2CCC2)c2c(-c3cn[nH]c3)c[nH]c2n1. The molecule has 0 amide bonds. The molecule has 5 heteroatoms. The maximum Gasteiger partial charge on any atom is 0.139 e. The average Bonchev–Trinajstić information content (AvgIpc) is 2.95. The van der Waals surface area contributed by atoms with Crippen molar-refractivity contribution in [1.82, 2.24) is 20.2 Å². The second kappa shape index (κ2) is 3.60. The van der Waals surface area contributed by atoms with Crippen LogP contribution in [0, 0.1) is 0 Å². The van der Waals surface area contributed by atoms with Gasteiger partial charge in [-0.1, -0.05) is 0 Å². The van der Waals surface area contributed by atoms with Crippen LogP contribution in [0.2, 0.25) is 0 Å². The monoisotopic (exact) mass is 239 g/mol. The topological polar surface area (TPSA) is 60.6 Å². The number of fused-ring (bicyclic) bond motifs is 1. The van der Waals surface area contributed by atoms with Crippen molar-refractivity contribution in [2.24, 2.45) is 0 Å². The van der Waals surface area contributed by atoms with E-state index in [-0.39, 0.29) is 0 Å². The minimum absolute atomic E-state index is 0.940. The predicted octanol–water partition coefficient (Wildman–Crippen LogP) is 2.16. The highest BCUT2D eigenvalue weighted by Crippen LogP contribution is 2.35. The zero-order valence-electron chi connectivity index (χ0n) is 9.85. The van der Waals surface area contributed by atoms with Crippen LogP contribution < -0.4 is 4.90 Å². The maximum absolute atomic E-state index is 4.40. The van der Waals surface area contributed by atoms with Gasteiger partial charge >= 0.3 is 0 Å².